The van der Waals surface area contributed by atoms with Crippen molar-refractivity contribution in [2.24, 2.45) is 0 Å². The van der Waals surface area contributed by atoms with Crippen molar-refractivity contribution in [2.45, 2.75) is 19.3 Å². The molecular formula is C12H16N4. The summed E-state index contributed by atoms with van der Waals surface area (Å²) in [4.78, 5) is 0. The molecule has 1 aromatic rings. The average molecular weight is 216 g/mol. The summed E-state index contributed by atoms with van der Waals surface area (Å²) < 4.78 is 0. The van der Waals surface area contributed by atoms with E-state index in [-0.39, 0.29) is 0 Å². The smallest absolute Gasteiger partial charge is 0.101 e. The predicted molar refractivity (Wildman–Crippen MR) is 64.6 cm³/mol. The van der Waals surface area contributed by atoms with Crippen molar-refractivity contribution in [3.63, 3.8) is 0 Å². The van der Waals surface area contributed by atoms with Gasteiger partial charge in [0.25, 0.3) is 0 Å². The zero-order valence-electron chi connectivity index (χ0n) is 9.24. The number of hydrogen-bond acceptors (Lipinski definition) is 4. The van der Waals surface area contributed by atoms with E-state index in [1.807, 2.05) is 6.07 Å². The maximum atomic E-state index is 8.88. The van der Waals surface area contributed by atoms with Gasteiger partial charge in [0, 0.05) is 18.8 Å². The molecule has 0 radical (unpaired) electrons. The molecule has 4 nitrogen and oxygen atoms in total. The molecule has 0 amide bonds. The van der Waals surface area contributed by atoms with Gasteiger partial charge in [-0.2, -0.15) is 5.26 Å². The number of hydrazine groups is 1. The number of piperidine rings is 1. The Labute approximate surface area is 95.6 Å². The summed E-state index contributed by atoms with van der Waals surface area (Å²) >= 11 is 0. The quantitative estimate of drug-likeness (QED) is 0.742. The zero-order chi connectivity index (χ0) is 11.4. The van der Waals surface area contributed by atoms with Gasteiger partial charge in [-0.25, -0.2) is 5.01 Å². The molecule has 1 fully saturated rings. The van der Waals surface area contributed by atoms with E-state index in [9.17, 15) is 0 Å². The fraction of sp³-hybridized carbons (Fsp3) is 0.417. The molecule has 16 heavy (non-hydrogen) atoms. The third-order valence-corrected chi connectivity index (χ3v) is 2.82. The second-order valence-corrected chi connectivity index (χ2v) is 4.07. The molecule has 3 N–H and O–H groups in total. The van der Waals surface area contributed by atoms with Crippen molar-refractivity contribution in [3.8, 4) is 6.07 Å². The molecule has 1 saturated heterocycles. The number of nitrogen functional groups attached to an aromatic ring is 1. The van der Waals surface area contributed by atoms with Gasteiger partial charge in [-0.1, -0.05) is 6.42 Å². The Balaban J connectivity index is 2.06. The molecule has 0 aromatic heterocycles. The summed E-state index contributed by atoms with van der Waals surface area (Å²) in [5.74, 6) is 0. The molecular weight excluding hydrogens is 200 g/mol. The molecule has 0 bridgehead atoms. The molecule has 2 rings (SSSR count). The first kappa shape index (κ1) is 10.8. The van der Waals surface area contributed by atoms with Crippen LogP contribution < -0.4 is 11.2 Å². The van der Waals surface area contributed by atoms with Crippen molar-refractivity contribution >= 4 is 11.4 Å². The van der Waals surface area contributed by atoms with Crippen LogP contribution in [0, 0.1) is 11.3 Å². The molecule has 4 heteroatoms. The Morgan fingerprint density at radius 3 is 2.69 bits per heavy atom. The van der Waals surface area contributed by atoms with Crippen LogP contribution in [0.4, 0.5) is 11.4 Å². The summed E-state index contributed by atoms with van der Waals surface area (Å²) in [5, 5.41) is 11.1. The normalized spacial score (nSPS) is 16.7. The first-order valence-electron chi connectivity index (χ1n) is 5.61. The van der Waals surface area contributed by atoms with Crippen LogP contribution in [-0.4, -0.2) is 18.1 Å². The van der Waals surface area contributed by atoms with E-state index >= 15 is 0 Å². The summed E-state index contributed by atoms with van der Waals surface area (Å²) in [6.45, 7) is 2.12. The number of nitrogens with one attached hydrogen (secondary N) is 1. The van der Waals surface area contributed by atoms with Crippen LogP contribution in [0.3, 0.4) is 0 Å². The van der Waals surface area contributed by atoms with E-state index < -0.39 is 0 Å². The van der Waals surface area contributed by atoms with E-state index in [2.05, 4.69) is 16.5 Å². The monoisotopic (exact) mass is 216 g/mol. The van der Waals surface area contributed by atoms with Gasteiger partial charge < -0.3 is 11.2 Å². The van der Waals surface area contributed by atoms with Crippen LogP contribution in [0.2, 0.25) is 0 Å². The van der Waals surface area contributed by atoms with Crippen molar-refractivity contribution < 1.29 is 0 Å². The van der Waals surface area contributed by atoms with Crippen LogP contribution in [0.15, 0.2) is 18.2 Å². The maximum absolute atomic E-state index is 8.88. The van der Waals surface area contributed by atoms with Crippen LogP contribution in [0.1, 0.15) is 24.8 Å². The van der Waals surface area contributed by atoms with Gasteiger partial charge in [-0.05, 0) is 31.0 Å². The molecule has 0 saturated carbocycles. The third kappa shape index (κ3) is 2.44. The summed E-state index contributed by atoms with van der Waals surface area (Å²) in [6, 6.07) is 7.56. The molecule has 1 aliphatic rings. The average Bonchev–Trinajstić information content (AvgIpc) is 2.33. The lowest BCUT2D eigenvalue weighted by Gasteiger charge is -2.27. The predicted octanol–water partition coefficient (Wildman–Crippen LogP) is 1.95. The van der Waals surface area contributed by atoms with Gasteiger partial charge in [-0.15, -0.1) is 0 Å². The summed E-state index contributed by atoms with van der Waals surface area (Å²) in [6.07, 6.45) is 3.77. The van der Waals surface area contributed by atoms with Crippen molar-refractivity contribution in [1.82, 2.24) is 5.01 Å². The number of nitriles is 1. The molecule has 0 unspecified atom stereocenters. The van der Waals surface area contributed by atoms with Gasteiger partial charge >= 0.3 is 0 Å². The molecule has 0 aliphatic carbocycles. The maximum Gasteiger partial charge on any atom is 0.101 e. The highest BCUT2D eigenvalue weighted by Crippen LogP contribution is 2.18. The SMILES string of the molecule is N#Cc1cc(NN2CCCCC2)ccc1N. The highest BCUT2D eigenvalue weighted by atomic mass is 15.5. The standard InChI is InChI=1S/C12H16N4/c13-9-10-8-11(4-5-12(10)14)15-16-6-2-1-3-7-16/h4-5,8,15H,1-3,6-7,14H2. The van der Waals surface area contributed by atoms with Crippen LogP contribution in [-0.2, 0) is 0 Å². The molecule has 84 valence electrons. The number of rotatable bonds is 2. The topological polar surface area (TPSA) is 65.1 Å². The molecule has 1 aromatic carbocycles. The Kier molecular flexibility index (Phi) is 3.28. The van der Waals surface area contributed by atoms with Crippen molar-refractivity contribution in [1.29, 1.82) is 5.26 Å². The lowest BCUT2D eigenvalue weighted by Crippen LogP contribution is -2.34. The molecule has 0 atom stereocenters. The fourth-order valence-electron chi connectivity index (χ4n) is 1.91. The Morgan fingerprint density at radius 2 is 2.00 bits per heavy atom. The summed E-state index contributed by atoms with van der Waals surface area (Å²) in [7, 11) is 0. The second-order valence-electron chi connectivity index (χ2n) is 4.07. The molecule has 0 spiro atoms. The fourth-order valence-corrected chi connectivity index (χ4v) is 1.91. The third-order valence-electron chi connectivity index (χ3n) is 2.82. The number of nitrogens with two attached hydrogens (primary N) is 1. The number of nitrogens with zero attached hydrogens (tertiary/aromatic N) is 2. The summed E-state index contributed by atoms with van der Waals surface area (Å²) in [5.41, 5.74) is 11.0. The number of benzene rings is 1. The highest BCUT2D eigenvalue weighted by molar-refractivity contribution is 5.61. The Morgan fingerprint density at radius 1 is 1.25 bits per heavy atom. The van der Waals surface area contributed by atoms with E-state index in [4.69, 9.17) is 11.0 Å². The lowest BCUT2D eigenvalue weighted by atomic mass is 10.1. The second kappa shape index (κ2) is 4.86. The number of hydrogen-bond donors (Lipinski definition) is 2. The van der Waals surface area contributed by atoms with Gasteiger partial charge in [-0.3, -0.25) is 0 Å². The van der Waals surface area contributed by atoms with Gasteiger partial charge in [0.05, 0.1) is 11.3 Å². The first-order valence-corrected chi connectivity index (χ1v) is 5.61. The Bertz CT molecular complexity index is 402. The highest BCUT2D eigenvalue weighted by Gasteiger charge is 2.10. The van der Waals surface area contributed by atoms with Crippen LogP contribution >= 0.6 is 0 Å². The zero-order valence-corrected chi connectivity index (χ0v) is 9.24. The van der Waals surface area contributed by atoms with E-state index in [0.717, 1.165) is 18.8 Å². The minimum absolute atomic E-state index is 0.530. The molecule has 1 heterocycles. The minimum atomic E-state index is 0.530. The van der Waals surface area contributed by atoms with E-state index in [0.29, 0.717) is 11.3 Å². The van der Waals surface area contributed by atoms with Gasteiger partial charge in [0.1, 0.15) is 6.07 Å². The first-order chi connectivity index (χ1) is 7.79. The largest absolute Gasteiger partial charge is 0.398 e. The minimum Gasteiger partial charge on any atom is -0.398 e. The van der Waals surface area contributed by atoms with Crippen molar-refractivity contribution in [3.05, 3.63) is 23.8 Å². The lowest BCUT2D eigenvalue weighted by molar-refractivity contribution is 0.273. The van der Waals surface area contributed by atoms with Gasteiger partial charge in [0.15, 0.2) is 0 Å². The number of anilines is 2. The Hall–Kier alpha value is -1.73. The van der Waals surface area contributed by atoms with Crippen LogP contribution in [0.5, 0.6) is 0 Å². The van der Waals surface area contributed by atoms with Crippen molar-refractivity contribution in [2.75, 3.05) is 24.2 Å². The van der Waals surface area contributed by atoms with E-state index in [1.165, 1.54) is 19.3 Å². The van der Waals surface area contributed by atoms with Crippen LogP contribution in [0.25, 0.3) is 0 Å². The van der Waals surface area contributed by atoms with Gasteiger partial charge in [0.2, 0.25) is 0 Å². The molecule has 1 aliphatic heterocycles. The van der Waals surface area contributed by atoms with E-state index in [1.54, 1.807) is 12.1 Å².